The molecule has 0 saturated heterocycles. The second-order valence-corrected chi connectivity index (χ2v) is 8.92. The van der Waals surface area contributed by atoms with Crippen LogP contribution in [0.25, 0.3) is 16.0 Å². The van der Waals surface area contributed by atoms with Crippen molar-refractivity contribution in [3.8, 4) is 0 Å². The van der Waals surface area contributed by atoms with Crippen molar-refractivity contribution in [1.82, 2.24) is 19.2 Å². The van der Waals surface area contributed by atoms with Gasteiger partial charge in [-0.1, -0.05) is 23.9 Å². The van der Waals surface area contributed by atoms with E-state index in [9.17, 15) is 4.79 Å². The van der Waals surface area contributed by atoms with Gasteiger partial charge in [-0.05, 0) is 32.6 Å². The van der Waals surface area contributed by atoms with Crippen LogP contribution in [0.15, 0.2) is 22.1 Å². The Kier molecular flexibility index (Phi) is 3.82. The molecule has 0 atom stereocenters. The highest BCUT2D eigenvalue weighted by atomic mass is 32.2. The van der Waals surface area contributed by atoms with E-state index in [1.54, 1.807) is 20.4 Å². The molecule has 0 radical (unpaired) electrons. The molecule has 0 fully saturated rings. The van der Waals surface area contributed by atoms with E-state index in [0.29, 0.717) is 24.1 Å². The zero-order chi connectivity index (χ0) is 17.9. The fourth-order valence-electron chi connectivity index (χ4n) is 3.21. The van der Waals surface area contributed by atoms with Crippen molar-refractivity contribution < 1.29 is 4.74 Å². The maximum Gasteiger partial charge on any atom is 0.270 e. The summed E-state index contributed by atoms with van der Waals surface area (Å²) in [6, 6.07) is 0. The minimum absolute atomic E-state index is 0.0347. The largest absolute Gasteiger partial charge is 0.370 e. The number of thiophene rings is 1. The number of thioether (sulfide) groups is 1. The Hall–Kier alpha value is -1.64. The predicted octanol–water partition coefficient (Wildman–Crippen LogP) is 3.26. The van der Waals surface area contributed by atoms with Gasteiger partial charge in [0.05, 0.1) is 24.1 Å². The van der Waals surface area contributed by atoms with Crippen LogP contribution in [0.5, 0.6) is 0 Å². The summed E-state index contributed by atoms with van der Waals surface area (Å²) in [5.41, 5.74) is 1.75. The number of nitrogens with zero attached hydrogens (tertiary/aromatic N) is 4. The van der Waals surface area contributed by atoms with Gasteiger partial charge >= 0.3 is 0 Å². The maximum absolute atomic E-state index is 13.3. The van der Waals surface area contributed by atoms with E-state index in [1.165, 1.54) is 11.8 Å². The molecule has 1 aliphatic heterocycles. The molecule has 25 heavy (non-hydrogen) atoms. The van der Waals surface area contributed by atoms with E-state index >= 15 is 0 Å². The monoisotopic (exact) mass is 376 g/mol. The summed E-state index contributed by atoms with van der Waals surface area (Å²) < 4.78 is 9.29. The van der Waals surface area contributed by atoms with Crippen molar-refractivity contribution in [3.05, 3.63) is 32.9 Å². The van der Waals surface area contributed by atoms with Crippen molar-refractivity contribution in [2.24, 2.45) is 0 Å². The third kappa shape index (κ3) is 2.63. The molecule has 4 heterocycles. The fraction of sp³-hybridized carbons (Fsp3) is 0.471. The summed E-state index contributed by atoms with van der Waals surface area (Å²) in [5.74, 6) is 0.573. The number of allylic oxidation sites excluding steroid dienone is 1. The number of rotatable bonds is 3. The average molecular weight is 377 g/mol. The highest BCUT2D eigenvalue weighted by Crippen LogP contribution is 2.37. The first kappa shape index (κ1) is 16.8. The van der Waals surface area contributed by atoms with Gasteiger partial charge in [-0.2, -0.15) is 0 Å². The van der Waals surface area contributed by atoms with Crippen molar-refractivity contribution in [2.45, 2.75) is 51.1 Å². The molecule has 0 aliphatic carbocycles. The van der Waals surface area contributed by atoms with Gasteiger partial charge in [-0.25, -0.2) is 14.1 Å². The highest BCUT2D eigenvalue weighted by molar-refractivity contribution is 7.98. The molecule has 0 spiro atoms. The Labute approximate surface area is 153 Å². The van der Waals surface area contributed by atoms with Crippen LogP contribution in [-0.4, -0.2) is 31.0 Å². The van der Waals surface area contributed by atoms with Crippen LogP contribution in [0.3, 0.4) is 0 Å². The van der Waals surface area contributed by atoms with Gasteiger partial charge in [0.15, 0.2) is 5.16 Å². The van der Waals surface area contributed by atoms with E-state index in [0.717, 1.165) is 32.7 Å². The van der Waals surface area contributed by atoms with Gasteiger partial charge in [0, 0.05) is 11.3 Å². The lowest BCUT2D eigenvalue weighted by Gasteiger charge is -2.29. The highest BCUT2D eigenvalue weighted by Gasteiger charge is 2.31. The van der Waals surface area contributed by atoms with E-state index in [4.69, 9.17) is 9.72 Å². The summed E-state index contributed by atoms with van der Waals surface area (Å²) in [6.45, 7) is 11.1. The Balaban J connectivity index is 2.06. The molecule has 3 aromatic rings. The summed E-state index contributed by atoms with van der Waals surface area (Å²) in [7, 11) is 0. The van der Waals surface area contributed by atoms with Crippen LogP contribution in [0.2, 0.25) is 0 Å². The standard InChI is InChI=1S/C17H20N4O2S2/c1-9(2)7-20-15-18-13-12(14(22)21(15)16(19-20)24-5)10-6-17(3,4)23-8-11(10)25-13/h1,6-8H2,2-5H3. The second-order valence-electron chi connectivity index (χ2n) is 7.06. The van der Waals surface area contributed by atoms with Gasteiger partial charge in [-0.15, -0.1) is 16.4 Å². The SMILES string of the molecule is C=C(C)Cn1nc(SC)n2c(=O)c3c4c(sc3nc12)COC(C)(C)C4. The normalized spacial score (nSPS) is 16.5. The Morgan fingerprint density at radius 1 is 1.48 bits per heavy atom. The average Bonchev–Trinajstić information content (AvgIpc) is 3.04. The first-order valence-corrected chi connectivity index (χ1v) is 10.1. The predicted molar refractivity (Wildman–Crippen MR) is 102 cm³/mol. The Morgan fingerprint density at radius 2 is 2.24 bits per heavy atom. The van der Waals surface area contributed by atoms with E-state index in [1.807, 2.05) is 13.2 Å². The third-order valence-electron chi connectivity index (χ3n) is 4.32. The fourth-order valence-corrected chi connectivity index (χ4v) is 4.83. The summed E-state index contributed by atoms with van der Waals surface area (Å²) >= 11 is 3.00. The van der Waals surface area contributed by atoms with Gasteiger partial charge < -0.3 is 4.74 Å². The van der Waals surface area contributed by atoms with Crippen LogP contribution in [0, 0.1) is 0 Å². The molecule has 8 heteroatoms. The van der Waals surface area contributed by atoms with Crippen LogP contribution in [-0.2, 0) is 24.3 Å². The van der Waals surface area contributed by atoms with Crippen molar-refractivity contribution in [3.63, 3.8) is 0 Å². The van der Waals surface area contributed by atoms with Crippen molar-refractivity contribution >= 4 is 39.1 Å². The Bertz CT molecular complexity index is 1070. The third-order valence-corrected chi connectivity index (χ3v) is 6.05. The summed E-state index contributed by atoms with van der Waals surface area (Å²) in [4.78, 5) is 20.0. The van der Waals surface area contributed by atoms with E-state index < -0.39 is 0 Å². The summed E-state index contributed by atoms with van der Waals surface area (Å²) in [5, 5.41) is 5.93. The molecule has 0 aromatic carbocycles. The van der Waals surface area contributed by atoms with E-state index in [2.05, 4.69) is 25.5 Å². The lowest BCUT2D eigenvalue weighted by Crippen LogP contribution is -2.31. The lowest BCUT2D eigenvalue weighted by atomic mass is 9.94. The van der Waals surface area contributed by atoms with Crippen molar-refractivity contribution in [1.29, 1.82) is 0 Å². The van der Waals surface area contributed by atoms with Crippen molar-refractivity contribution in [2.75, 3.05) is 6.26 Å². The molecule has 0 unspecified atom stereocenters. The van der Waals surface area contributed by atoms with Crippen LogP contribution < -0.4 is 5.56 Å². The molecule has 4 rings (SSSR count). The minimum Gasteiger partial charge on any atom is -0.370 e. The number of hydrogen-bond acceptors (Lipinski definition) is 6. The number of aromatic nitrogens is 4. The lowest BCUT2D eigenvalue weighted by molar-refractivity contribution is -0.0379. The molecule has 1 aliphatic rings. The van der Waals surface area contributed by atoms with Crippen LogP contribution >= 0.6 is 23.1 Å². The number of ether oxygens (including phenoxy) is 1. The topological polar surface area (TPSA) is 61.4 Å². The smallest absolute Gasteiger partial charge is 0.270 e. The second kappa shape index (κ2) is 5.69. The van der Waals surface area contributed by atoms with E-state index in [-0.39, 0.29) is 11.2 Å². The minimum atomic E-state index is -0.264. The number of hydrogen-bond donors (Lipinski definition) is 0. The first-order valence-electron chi connectivity index (χ1n) is 8.07. The summed E-state index contributed by atoms with van der Waals surface area (Å²) in [6.07, 6.45) is 2.64. The van der Waals surface area contributed by atoms with Gasteiger partial charge in [0.25, 0.3) is 5.56 Å². The molecular weight excluding hydrogens is 356 g/mol. The molecule has 0 N–H and O–H groups in total. The quantitative estimate of drug-likeness (QED) is 0.519. The number of fused-ring (bicyclic) bond motifs is 4. The zero-order valence-corrected chi connectivity index (χ0v) is 16.4. The first-order chi connectivity index (χ1) is 11.8. The molecule has 0 saturated carbocycles. The molecule has 0 amide bonds. The maximum atomic E-state index is 13.3. The van der Waals surface area contributed by atoms with Crippen LogP contribution in [0.4, 0.5) is 0 Å². The molecule has 132 valence electrons. The zero-order valence-electron chi connectivity index (χ0n) is 14.8. The molecule has 0 bridgehead atoms. The van der Waals surface area contributed by atoms with Crippen LogP contribution in [0.1, 0.15) is 31.2 Å². The molecule has 6 nitrogen and oxygen atoms in total. The van der Waals surface area contributed by atoms with Gasteiger partial charge in [0.1, 0.15) is 4.83 Å². The van der Waals surface area contributed by atoms with Gasteiger partial charge in [-0.3, -0.25) is 4.79 Å². The Morgan fingerprint density at radius 3 is 2.92 bits per heavy atom. The molecule has 3 aromatic heterocycles. The van der Waals surface area contributed by atoms with Gasteiger partial charge in [0.2, 0.25) is 5.78 Å². The molecular formula is C17H20N4O2S2.